The molecule has 0 bridgehead atoms. The zero-order chi connectivity index (χ0) is 19.5. The molecule has 138 valence electrons. The minimum absolute atomic E-state index is 0.332. The van der Waals surface area contributed by atoms with Crippen LogP contribution in [-0.2, 0) is 0 Å². The maximum Gasteiger partial charge on any atom is 0.289 e. The summed E-state index contributed by atoms with van der Waals surface area (Å²) < 4.78 is 0. The Labute approximate surface area is 167 Å². The Kier molecular flexibility index (Phi) is 4.91. The number of carbonyl (C=O) groups excluding carboxylic acids is 1. The topological polar surface area (TPSA) is 70.1 Å². The number of hydrogen-bond donors (Lipinski definition) is 2. The summed E-state index contributed by atoms with van der Waals surface area (Å²) in [4.78, 5) is 12.4. The molecule has 0 fully saturated rings. The van der Waals surface area contributed by atoms with E-state index in [0.717, 1.165) is 21.9 Å². The summed E-state index contributed by atoms with van der Waals surface area (Å²) in [5.41, 5.74) is 5.89. The van der Waals surface area contributed by atoms with Gasteiger partial charge in [0, 0.05) is 16.1 Å². The molecule has 0 aliphatic heterocycles. The fraction of sp³-hybridized carbons (Fsp3) is 0.0455. The van der Waals surface area contributed by atoms with Gasteiger partial charge in [-0.05, 0) is 35.9 Å². The second-order valence-electron chi connectivity index (χ2n) is 6.35. The Bertz CT molecular complexity index is 1200. The molecular formula is C22H17ClN4O. The lowest BCUT2D eigenvalue weighted by atomic mass is 10.1. The summed E-state index contributed by atoms with van der Waals surface area (Å²) >= 11 is 6.15. The smallest absolute Gasteiger partial charge is 0.272 e. The minimum Gasteiger partial charge on any atom is -0.272 e. The number of aromatic nitrogens is 2. The van der Waals surface area contributed by atoms with E-state index in [0.29, 0.717) is 22.1 Å². The first-order valence-electron chi connectivity index (χ1n) is 8.76. The highest BCUT2D eigenvalue weighted by Gasteiger charge is 2.11. The molecule has 0 saturated carbocycles. The van der Waals surface area contributed by atoms with Crippen LogP contribution in [0.15, 0.2) is 77.9 Å². The molecule has 1 aromatic heterocycles. The number of amides is 1. The lowest BCUT2D eigenvalue weighted by molar-refractivity contribution is 0.0950. The van der Waals surface area contributed by atoms with Crippen molar-refractivity contribution in [3.63, 3.8) is 0 Å². The van der Waals surface area contributed by atoms with Crippen LogP contribution < -0.4 is 5.43 Å². The van der Waals surface area contributed by atoms with Crippen molar-refractivity contribution in [3.05, 3.63) is 89.1 Å². The summed E-state index contributed by atoms with van der Waals surface area (Å²) in [5.74, 6) is -0.369. The lowest BCUT2D eigenvalue weighted by Crippen LogP contribution is -2.19. The van der Waals surface area contributed by atoms with E-state index >= 15 is 0 Å². The predicted molar refractivity (Wildman–Crippen MR) is 113 cm³/mol. The van der Waals surface area contributed by atoms with Gasteiger partial charge in [0.25, 0.3) is 5.91 Å². The second kappa shape index (κ2) is 7.66. The van der Waals surface area contributed by atoms with Crippen molar-refractivity contribution in [2.45, 2.75) is 6.92 Å². The van der Waals surface area contributed by atoms with Crippen molar-refractivity contribution in [1.29, 1.82) is 0 Å². The SMILES string of the molecule is CC(=NNC(=O)c1cc(-c2ccc3ccccc3c2)n[nH]1)c1ccccc1Cl. The summed E-state index contributed by atoms with van der Waals surface area (Å²) in [6.07, 6.45) is 0. The van der Waals surface area contributed by atoms with Gasteiger partial charge in [-0.1, -0.05) is 66.2 Å². The summed E-state index contributed by atoms with van der Waals surface area (Å²) in [6.45, 7) is 1.79. The number of halogens is 1. The van der Waals surface area contributed by atoms with E-state index in [4.69, 9.17) is 11.6 Å². The number of fused-ring (bicyclic) bond motifs is 1. The number of nitrogens with one attached hydrogen (secondary N) is 2. The quantitative estimate of drug-likeness (QED) is 0.380. The van der Waals surface area contributed by atoms with Crippen LogP contribution >= 0.6 is 11.6 Å². The largest absolute Gasteiger partial charge is 0.289 e. The molecule has 5 nitrogen and oxygen atoms in total. The van der Waals surface area contributed by atoms with Crippen LogP contribution in [0.5, 0.6) is 0 Å². The Morgan fingerprint density at radius 2 is 1.75 bits per heavy atom. The van der Waals surface area contributed by atoms with E-state index in [1.165, 1.54) is 0 Å². The average Bonchev–Trinajstić information content (AvgIpc) is 3.22. The Hall–Kier alpha value is -3.44. The van der Waals surface area contributed by atoms with Gasteiger partial charge in [-0.2, -0.15) is 10.2 Å². The molecule has 1 amide bonds. The zero-order valence-electron chi connectivity index (χ0n) is 15.1. The molecule has 28 heavy (non-hydrogen) atoms. The van der Waals surface area contributed by atoms with Gasteiger partial charge in [-0.25, -0.2) is 5.43 Å². The Morgan fingerprint density at radius 3 is 2.57 bits per heavy atom. The van der Waals surface area contributed by atoms with Gasteiger partial charge < -0.3 is 0 Å². The molecule has 0 radical (unpaired) electrons. The first-order valence-corrected chi connectivity index (χ1v) is 9.14. The summed E-state index contributed by atoms with van der Waals surface area (Å²) in [7, 11) is 0. The fourth-order valence-electron chi connectivity index (χ4n) is 2.94. The monoisotopic (exact) mass is 388 g/mol. The highest BCUT2D eigenvalue weighted by atomic mass is 35.5. The van der Waals surface area contributed by atoms with Gasteiger partial charge in [0.05, 0.1) is 11.4 Å². The Morgan fingerprint density at radius 1 is 1.00 bits per heavy atom. The molecule has 0 aliphatic carbocycles. The summed E-state index contributed by atoms with van der Waals surface area (Å²) in [6, 6.07) is 23.2. The third kappa shape index (κ3) is 3.66. The van der Waals surface area contributed by atoms with Crippen molar-refractivity contribution < 1.29 is 4.79 Å². The predicted octanol–water partition coefficient (Wildman–Crippen LogP) is 5.04. The summed E-state index contributed by atoms with van der Waals surface area (Å²) in [5, 5.41) is 14.0. The molecule has 3 aromatic carbocycles. The average molecular weight is 389 g/mol. The molecule has 2 N–H and O–H groups in total. The second-order valence-corrected chi connectivity index (χ2v) is 6.75. The van der Waals surface area contributed by atoms with Crippen LogP contribution in [-0.4, -0.2) is 21.8 Å². The number of benzene rings is 3. The van der Waals surface area contributed by atoms with Gasteiger partial charge in [-0.3, -0.25) is 9.89 Å². The minimum atomic E-state index is -0.369. The van der Waals surface area contributed by atoms with Crippen LogP contribution in [0.25, 0.3) is 22.0 Å². The zero-order valence-corrected chi connectivity index (χ0v) is 15.9. The number of aromatic amines is 1. The van der Waals surface area contributed by atoms with E-state index in [9.17, 15) is 4.79 Å². The van der Waals surface area contributed by atoms with Crippen LogP contribution in [0, 0.1) is 0 Å². The number of hydrazone groups is 1. The van der Waals surface area contributed by atoms with Crippen molar-refractivity contribution in [3.8, 4) is 11.3 Å². The molecule has 0 saturated heterocycles. The normalized spacial score (nSPS) is 11.6. The van der Waals surface area contributed by atoms with E-state index in [1.807, 2.05) is 54.6 Å². The van der Waals surface area contributed by atoms with Crippen LogP contribution in [0.1, 0.15) is 23.0 Å². The first-order chi connectivity index (χ1) is 13.6. The maximum absolute atomic E-state index is 12.4. The third-order valence-electron chi connectivity index (χ3n) is 4.46. The van der Waals surface area contributed by atoms with Crippen molar-refractivity contribution in [2.75, 3.05) is 0 Å². The highest BCUT2D eigenvalue weighted by molar-refractivity contribution is 6.34. The first kappa shape index (κ1) is 17.9. The van der Waals surface area contributed by atoms with Gasteiger partial charge in [0.1, 0.15) is 5.69 Å². The molecule has 1 heterocycles. The van der Waals surface area contributed by atoms with Crippen LogP contribution in [0.3, 0.4) is 0 Å². The van der Waals surface area contributed by atoms with E-state index in [2.05, 4.69) is 26.8 Å². The molecule has 0 aliphatic rings. The van der Waals surface area contributed by atoms with Crippen molar-refractivity contribution in [2.24, 2.45) is 5.10 Å². The number of carbonyl (C=O) groups is 1. The van der Waals surface area contributed by atoms with Gasteiger partial charge >= 0.3 is 0 Å². The Balaban J connectivity index is 1.52. The van der Waals surface area contributed by atoms with Crippen LogP contribution in [0.2, 0.25) is 5.02 Å². The molecule has 6 heteroatoms. The van der Waals surface area contributed by atoms with Crippen LogP contribution in [0.4, 0.5) is 0 Å². The van der Waals surface area contributed by atoms with Crippen molar-refractivity contribution >= 4 is 34.0 Å². The third-order valence-corrected chi connectivity index (χ3v) is 4.79. The molecule has 0 spiro atoms. The number of hydrogen-bond acceptors (Lipinski definition) is 3. The molecular weight excluding hydrogens is 372 g/mol. The lowest BCUT2D eigenvalue weighted by Gasteiger charge is -2.03. The molecule has 4 aromatic rings. The fourth-order valence-corrected chi connectivity index (χ4v) is 3.22. The van der Waals surface area contributed by atoms with E-state index in [-0.39, 0.29) is 5.91 Å². The molecule has 0 unspecified atom stereocenters. The van der Waals surface area contributed by atoms with E-state index in [1.54, 1.807) is 19.1 Å². The van der Waals surface area contributed by atoms with E-state index < -0.39 is 0 Å². The maximum atomic E-state index is 12.4. The van der Waals surface area contributed by atoms with Crippen molar-refractivity contribution in [1.82, 2.24) is 15.6 Å². The van der Waals surface area contributed by atoms with Gasteiger partial charge in [0.15, 0.2) is 0 Å². The standard InChI is InChI=1S/C22H17ClN4O/c1-14(18-8-4-5-9-19(18)23)24-27-22(28)21-13-20(25-26-21)17-11-10-15-6-2-3-7-16(15)12-17/h2-13H,1H3,(H,25,26)(H,27,28). The molecule has 0 atom stereocenters. The van der Waals surface area contributed by atoms with Gasteiger partial charge in [-0.15, -0.1) is 0 Å². The molecule has 4 rings (SSSR count). The number of rotatable bonds is 4. The van der Waals surface area contributed by atoms with Gasteiger partial charge in [0.2, 0.25) is 0 Å². The highest BCUT2D eigenvalue weighted by Crippen LogP contribution is 2.23. The number of H-pyrrole nitrogens is 1. The number of nitrogens with zero attached hydrogens (tertiary/aromatic N) is 2.